The van der Waals surface area contributed by atoms with Crippen LogP contribution in [0.1, 0.15) is 28.9 Å². The zero-order chi connectivity index (χ0) is 17.1. The van der Waals surface area contributed by atoms with Crippen LogP contribution >= 0.6 is 11.3 Å². The van der Waals surface area contributed by atoms with Gasteiger partial charge in [-0.1, -0.05) is 30.3 Å². The summed E-state index contributed by atoms with van der Waals surface area (Å²) >= 11 is 1.51. The first-order chi connectivity index (χ1) is 12.3. The summed E-state index contributed by atoms with van der Waals surface area (Å²) in [5.74, 6) is 0.727. The number of benzene rings is 1. The molecule has 1 saturated heterocycles. The summed E-state index contributed by atoms with van der Waals surface area (Å²) in [7, 11) is 0. The van der Waals surface area contributed by atoms with Crippen molar-refractivity contribution in [3.63, 3.8) is 0 Å². The van der Waals surface area contributed by atoms with Gasteiger partial charge in [0.15, 0.2) is 5.13 Å². The predicted molar refractivity (Wildman–Crippen MR) is 100 cm³/mol. The molecule has 3 heterocycles. The van der Waals surface area contributed by atoms with Gasteiger partial charge in [0.05, 0.1) is 0 Å². The average Bonchev–Trinajstić information content (AvgIpc) is 3.34. The molecule has 3 aromatic rings. The van der Waals surface area contributed by atoms with Crippen LogP contribution in [0.3, 0.4) is 0 Å². The van der Waals surface area contributed by atoms with Crippen LogP contribution in [-0.2, 0) is 6.42 Å². The Labute approximate surface area is 151 Å². The topological polar surface area (TPSA) is 38.1 Å². The van der Waals surface area contributed by atoms with Gasteiger partial charge in [-0.15, -0.1) is 11.3 Å². The van der Waals surface area contributed by atoms with Crippen molar-refractivity contribution in [1.82, 2.24) is 14.5 Å². The molecule has 1 amide bonds. The number of nitrogens with zero attached hydrogens (tertiary/aromatic N) is 3. The quantitative estimate of drug-likeness (QED) is 0.712. The summed E-state index contributed by atoms with van der Waals surface area (Å²) < 4.78 is 1.94. The highest BCUT2D eigenvalue weighted by Crippen LogP contribution is 2.24. The first-order valence-corrected chi connectivity index (χ1v) is 9.59. The van der Waals surface area contributed by atoms with Crippen molar-refractivity contribution < 1.29 is 4.79 Å². The third-order valence-electron chi connectivity index (χ3n) is 4.81. The van der Waals surface area contributed by atoms with Gasteiger partial charge < -0.3 is 9.47 Å². The highest BCUT2D eigenvalue weighted by Gasteiger charge is 2.25. The molecule has 128 valence electrons. The molecule has 5 heteroatoms. The lowest BCUT2D eigenvalue weighted by atomic mass is 9.90. The molecule has 1 aromatic carbocycles. The minimum Gasteiger partial charge on any atom is -0.337 e. The second-order valence-electron chi connectivity index (χ2n) is 6.53. The lowest BCUT2D eigenvalue weighted by molar-refractivity contribution is 0.0685. The van der Waals surface area contributed by atoms with Crippen LogP contribution in [0.5, 0.6) is 0 Å². The summed E-state index contributed by atoms with van der Waals surface area (Å²) in [4.78, 5) is 19.2. The molecule has 0 atom stereocenters. The van der Waals surface area contributed by atoms with Crippen LogP contribution in [0.2, 0.25) is 0 Å². The monoisotopic (exact) mass is 351 g/mol. The van der Waals surface area contributed by atoms with E-state index in [9.17, 15) is 4.79 Å². The van der Waals surface area contributed by atoms with Crippen LogP contribution in [0.25, 0.3) is 5.13 Å². The Balaban J connectivity index is 1.35. The van der Waals surface area contributed by atoms with E-state index >= 15 is 0 Å². The maximum Gasteiger partial charge on any atom is 0.273 e. The Hall–Kier alpha value is -2.40. The van der Waals surface area contributed by atoms with Gasteiger partial charge in [0.2, 0.25) is 0 Å². The molecular formula is C20H21N3OS. The maximum absolute atomic E-state index is 12.7. The van der Waals surface area contributed by atoms with Crippen molar-refractivity contribution in [3.05, 3.63) is 71.5 Å². The van der Waals surface area contributed by atoms with Gasteiger partial charge in [0, 0.05) is 30.9 Å². The van der Waals surface area contributed by atoms with Gasteiger partial charge in [-0.25, -0.2) is 4.98 Å². The van der Waals surface area contributed by atoms with Gasteiger partial charge in [0.1, 0.15) is 5.69 Å². The van der Waals surface area contributed by atoms with Crippen molar-refractivity contribution >= 4 is 17.2 Å². The van der Waals surface area contributed by atoms with E-state index in [4.69, 9.17) is 0 Å². The lowest BCUT2D eigenvalue weighted by Crippen LogP contribution is -2.39. The number of amides is 1. The highest BCUT2D eigenvalue weighted by molar-refractivity contribution is 7.12. The van der Waals surface area contributed by atoms with E-state index < -0.39 is 0 Å². The molecule has 0 bridgehead atoms. The predicted octanol–water partition coefficient (Wildman–Crippen LogP) is 4.03. The van der Waals surface area contributed by atoms with Gasteiger partial charge in [-0.3, -0.25) is 4.79 Å². The number of aromatic nitrogens is 2. The molecule has 0 radical (unpaired) electrons. The fourth-order valence-corrected chi connectivity index (χ4v) is 4.16. The van der Waals surface area contributed by atoms with E-state index in [1.807, 2.05) is 39.4 Å². The molecule has 0 unspecified atom stereocenters. The van der Waals surface area contributed by atoms with E-state index in [0.29, 0.717) is 11.6 Å². The van der Waals surface area contributed by atoms with Gasteiger partial charge in [-0.2, -0.15) is 0 Å². The van der Waals surface area contributed by atoms with Gasteiger partial charge >= 0.3 is 0 Å². The Kier molecular flexibility index (Phi) is 4.65. The van der Waals surface area contributed by atoms with Crippen molar-refractivity contribution in [1.29, 1.82) is 0 Å². The molecule has 2 aromatic heterocycles. The average molecular weight is 351 g/mol. The SMILES string of the molecule is O=C(c1csc(-n2cccc2)n1)N1CCC(Cc2ccccc2)CC1. The maximum atomic E-state index is 12.7. The number of hydrogen-bond donors (Lipinski definition) is 0. The molecule has 4 rings (SSSR count). The smallest absolute Gasteiger partial charge is 0.273 e. The Morgan fingerprint density at radius 2 is 1.80 bits per heavy atom. The molecule has 1 fully saturated rings. The van der Waals surface area contributed by atoms with Crippen LogP contribution in [-0.4, -0.2) is 33.4 Å². The van der Waals surface area contributed by atoms with Crippen molar-refractivity contribution in [2.24, 2.45) is 5.92 Å². The number of carbonyl (C=O) groups excluding carboxylic acids is 1. The third kappa shape index (κ3) is 3.66. The normalized spacial score (nSPS) is 15.4. The summed E-state index contributed by atoms with van der Waals surface area (Å²) in [6.45, 7) is 1.65. The van der Waals surface area contributed by atoms with E-state index in [2.05, 4.69) is 35.3 Å². The molecular weight excluding hydrogens is 330 g/mol. The van der Waals surface area contributed by atoms with Gasteiger partial charge in [0.25, 0.3) is 5.91 Å². The van der Waals surface area contributed by atoms with Crippen LogP contribution in [0.15, 0.2) is 60.2 Å². The van der Waals surface area contributed by atoms with Crippen LogP contribution in [0, 0.1) is 5.92 Å². The first kappa shape index (κ1) is 16.1. The number of rotatable bonds is 4. The Morgan fingerprint density at radius 1 is 1.08 bits per heavy atom. The summed E-state index contributed by atoms with van der Waals surface area (Å²) in [5, 5.41) is 2.71. The zero-order valence-electron chi connectivity index (χ0n) is 14.0. The number of hydrogen-bond acceptors (Lipinski definition) is 3. The number of carbonyl (C=O) groups is 1. The first-order valence-electron chi connectivity index (χ1n) is 8.71. The van der Waals surface area contributed by atoms with Crippen molar-refractivity contribution in [2.75, 3.05) is 13.1 Å². The third-order valence-corrected chi connectivity index (χ3v) is 5.66. The molecule has 0 spiro atoms. The van der Waals surface area contributed by atoms with E-state index in [-0.39, 0.29) is 5.91 Å². The van der Waals surface area contributed by atoms with Crippen LogP contribution < -0.4 is 0 Å². The number of piperidine rings is 1. The minimum atomic E-state index is 0.0628. The van der Waals surface area contributed by atoms with Gasteiger partial charge in [-0.05, 0) is 42.9 Å². The molecule has 0 aliphatic carbocycles. The minimum absolute atomic E-state index is 0.0628. The fourth-order valence-electron chi connectivity index (χ4n) is 3.39. The molecule has 1 aliphatic rings. The fraction of sp³-hybridized carbons (Fsp3) is 0.300. The van der Waals surface area contributed by atoms with Crippen molar-refractivity contribution in [2.45, 2.75) is 19.3 Å². The summed E-state index contributed by atoms with van der Waals surface area (Å²) in [5.41, 5.74) is 1.96. The number of thiazole rings is 1. The zero-order valence-corrected chi connectivity index (χ0v) is 14.9. The van der Waals surface area contributed by atoms with Crippen molar-refractivity contribution in [3.8, 4) is 5.13 Å². The molecule has 0 N–H and O–H groups in total. The number of likely N-dealkylation sites (tertiary alicyclic amines) is 1. The highest BCUT2D eigenvalue weighted by atomic mass is 32.1. The molecule has 4 nitrogen and oxygen atoms in total. The van der Waals surface area contributed by atoms with Crippen LogP contribution in [0.4, 0.5) is 0 Å². The lowest BCUT2D eigenvalue weighted by Gasteiger charge is -2.31. The largest absolute Gasteiger partial charge is 0.337 e. The standard InChI is InChI=1S/C20H21N3OS/c24-19(18-15-25-20(21-18)23-10-4-5-11-23)22-12-8-17(9-13-22)14-16-6-2-1-3-7-16/h1-7,10-11,15,17H,8-9,12-14H2. The molecule has 1 aliphatic heterocycles. The second-order valence-corrected chi connectivity index (χ2v) is 7.37. The molecule has 25 heavy (non-hydrogen) atoms. The Morgan fingerprint density at radius 3 is 2.52 bits per heavy atom. The Bertz CT molecular complexity index is 818. The molecule has 0 saturated carbocycles. The van der Waals surface area contributed by atoms with E-state index in [1.54, 1.807) is 0 Å². The van der Waals surface area contributed by atoms with E-state index in [0.717, 1.165) is 37.5 Å². The second kappa shape index (κ2) is 7.23. The summed E-state index contributed by atoms with van der Waals surface area (Å²) in [6, 6.07) is 14.5. The van der Waals surface area contributed by atoms with E-state index in [1.165, 1.54) is 16.9 Å². The summed E-state index contributed by atoms with van der Waals surface area (Å²) in [6.07, 6.45) is 7.13.